The Labute approximate surface area is 105 Å². The molecule has 1 aliphatic rings. The molecule has 1 fully saturated rings. The summed E-state index contributed by atoms with van der Waals surface area (Å²) in [5.41, 5.74) is 1.53. The first-order valence-electron chi connectivity index (χ1n) is 5.28. The summed E-state index contributed by atoms with van der Waals surface area (Å²) in [4.78, 5) is 0. The molecule has 1 aromatic rings. The van der Waals surface area contributed by atoms with Gasteiger partial charge in [0.25, 0.3) is 0 Å². The highest BCUT2D eigenvalue weighted by Gasteiger charge is 2.23. The van der Waals surface area contributed by atoms with E-state index in [0.717, 1.165) is 5.69 Å². The third kappa shape index (κ3) is 2.45. The molecule has 0 aromatic heterocycles. The predicted molar refractivity (Wildman–Crippen MR) is 70.1 cm³/mol. The van der Waals surface area contributed by atoms with Crippen LogP contribution in [0.25, 0.3) is 0 Å². The molecule has 0 saturated carbocycles. The van der Waals surface area contributed by atoms with Crippen LogP contribution in [0.5, 0.6) is 0 Å². The van der Waals surface area contributed by atoms with Gasteiger partial charge in [-0.2, -0.15) is 17.0 Å². The van der Waals surface area contributed by atoms with Crippen LogP contribution in [0.15, 0.2) is 18.2 Å². The van der Waals surface area contributed by atoms with Gasteiger partial charge in [-0.25, -0.2) is 0 Å². The molecule has 84 valence electrons. The van der Waals surface area contributed by atoms with Crippen molar-refractivity contribution in [2.24, 2.45) is 0 Å². The summed E-state index contributed by atoms with van der Waals surface area (Å²) in [7, 11) is 0. The van der Waals surface area contributed by atoms with E-state index in [0.29, 0.717) is 21.9 Å². The standard InChI is InChI=1S/C12H13ClN2S/c1-8-12(4-5-16-8)15-10-3-2-9(7-14)11(13)6-10/h2-3,6,8,12,15H,4-5H2,1H3. The Morgan fingerprint density at radius 1 is 1.56 bits per heavy atom. The zero-order valence-corrected chi connectivity index (χ0v) is 10.6. The fourth-order valence-electron chi connectivity index (χ4n) is 1.83. The molecule has 16 heavy (non-hydrogen) atoms. The van der Waals surface area contributed by atoms with Gasteiger partial charge in [-0.05, 0) is 30.4 Å². The summed E-state index contributed by atoms with van der Waals surface area (Å²) in [6, 6.07) is 8.08. The molecule has 2 nitrogen and oxygen atoms in total. The number of nitrogens with zero attached hydrogens (tertiary/aromatic N) is 1. The van der Waals surface area contributed by atoms with Crippen molar-refractivity contribution < 1.29 is 0 Å². The van der Waals surface area contributed by atoms with Gasteiger partial charge in [0.15, 0.2) is 0 Å². The highest BCUT2D eigenvalue weighted by Crippen LogP contribution is 2.29. The lowest BCUT2D eigenvalue weighted by molar-refractivity contribution is 0.724. The molecule has 1 N–H and O–H groups in total. The van der Waals surface area contributed by atoms with Crippen LogP contribution in [0, 0.1) is 11.3 Å². The summed E-state index contributed by atoms with van der Waals surface area (Å²) in [5.74, 6) is 1.21. The average molecular weight is 253 g/mol. The van der Waals surface area contributed by atoms with Crippen molar-refractivity contribution in [3.8, 4) is 6.07 Å². The SMILES string of the molecule is CC1SCCC1Nc1ccc(C#N)c(Cl)c1. The molecule has 1 saturated heterocycles. The maximum atomic E-state index is 8.78. The van der Waals surface area contributed by atoms with Gasteiger partial charge in [0.2, 0.25) is 0 Å². The minimum Gasteiger partial charge on any atom is -0.381 e. The Kier molecular flexibility index (Phi) is 3.63. The molecule has 1 aromatic carbocycles. The third-order valence-electron chi connectivity index (χ3n) is 2.82. The Morgan fingerprint density at radius 2 is 2.38 bits per heavy atom. The molecular weight excluding hydrogens is 240 g/mol. The molecule has 0 aliphatic carbocycles. The first kappa shape index (κ1) is 11.6. The number of nitriles is 1. The van der Waals surface area contributed by atoms with Crippen molar-refractivity contribution in [1.29, 1.82) is 5.26 Å². The van der Waals surface area contributed by atoms with E-state index < -0.39 is 0 Å². The van der Waals surface area contributed by atoms with Crippen LogP contribution in [0.4, 0.5) is 5.69 Å². The van der Waals surface area contributed by atoms with Crippen LogP contribution in [-0.4, -0.2) is 17.0 Å². The largest absolute Gasteiger partial charge is 0.381 e. The number of halogens is 1. The van der Waals surface area contributed by atoms with Crippen LogP contribution in [0.1, 0.15) is 18.9 Å². The second kappa shape index (κ2) is 4.99. The van der Waals surface area contributed by atoms with Crippen molar-refractivity contribution in [2.75, 3.05) is 11.1 Å². The quantitative estimate of drug-likeness (QED) is 0.875. The maximum absolute atomic E-state index is 8.78. The van der Waals surface area contributed by atoms with Gasteiger partial charge in [0, 0.05) is 17.0 Å². The molecule has 1 aliphatic heterocycles. The molecule has 2 rings (SSSR count). The van der Waals surface area contributed by atoms with E-state index in [-0.39, 0.29) is 0 Å². The second-order valence-electron chi connectivity index (χ2n) is 3.92. The normalized spacial score (nSPS) is 24.1. The van der Waals surface area contributed by atoms with Crippen LogP contribution in [0.2, 0.25) is 5.02 Å². The average Bonchev–Trinajstić information content (AvgIpc) is 2.65. The van der Waals surface area contributed by atoms with E-state index in [1.165, 1.54) is 12.2 Å². The molecule has 0 bridgehead atoms. The number of hydrogen-bond acceptors (Lipinski definition) is 3. The first-order chi connectivity index (χ1) is 7.70. The highest BCUT2D eigenvalue weighted by atomic mass is 35.5. The van der Waals surface area contributed by atoms with Crippen molar-refractivity contribution >= 4 is 29.1 Å². The molecular formula is C12H13ClN2S. The van der Waals surface area contributed by atoms with Crippen LogP contribution in [-0.2, 0) is 0 Å². The number of hydrogen-bond donors (Lipinski definition) is 1. The Balaban J connectivity index is 2.11. The maximum Gasteiger partial charge on any atom is 0.101 e. The minimum atomic E-state index is 0.508. The first-order valence-corrected chi connectivity index (χ1v) is 6.71. The lowest BCUT2D eigenvalue weighted by atomic mass is 10.1. The van der Waals surface area contributed by atoms with E-state index in [4.69, 9.17) is 16.9 Å². The van der Waals surface area contributed by atoms with Crippen molar-refractivity contribution in [3.05, 3.63) is 28.8 Å². The number of benzene rings is 1. The summed E-state index contributed by atoms with van der Waals surface area (Å²) >= 11 is 7.97. The van der Waals surface area contributed by atoms with Crippen molar-refractivity contribution in [1.82, 2.24) is 0 Å². The van der Waals surface area contributed by atoms with E-state index >= 15 is 0 Å². The molecule has 0 amide bonds. The molecule has 2 unspecified atom stereocenters. The summed E-state index contributed by atoms with van der Waals surface area (Å²) < 4.78 is 0. The predicted octanol–water partition coefficient (Wildman–Crippen LogP) is 3.52. The van der Waals surface area contributed by atoms with Gasteiger partial charge in [-0.15, -0.1) is 0 Å². The summed E-state index contributed by atoms with van der Waals surface area (Å²) in [6.45, 7) is 2.24. The second-order valence-corrected chi connectivity index (χ2v) is 5.81. The molecule has 4 heteroatoms. The monoisotopic (exact) mass is 252 g/mol. The van der Waals surface area contributed by atoms with E-state index in [2.05, 4.69) is 18.3 Å². The van der Waals surface area contributed by atoms with Gasteiger partial charge in [-0.3, -0.25) is 0 Å². The van der Waals surface area contributed by atoms with Gasteiger partial charge in [-0.1, -0.05) is 18.5 Å². The lowest BCUT2D eigenvalue weighted by Crippen LogP contribution is -2.24. The van der Waals surface area contributed by atoms with E-state index in [9.17, 15) is 0 Å². The van der Waals surface area contributed by atoms with Gasteiger partial charge in [0.05, 0.1) is 10.6 Å². The molecule has 1 heterocycles. The number of rotatable bonds is 2. The number of nitrogens with one attached hydrogen (secondary N) is 1. The van der Waals surface area contributed by atoms with Crippen molar-refractivity contribution in [2.45, 2.75) is 24.6 Å². The topological polar surface area (TPSA) is 35.8 Å². The summed E-state index contributed by atoms with van der Waals surface area (Å²) in [6.07, 6.45) is 1.18. The zero-order valence-electron chi connectivity index (χ0n) is 9.03. The van der Waals surface area contributed by atoms with E-state index in [1.807, 2.05) is 23.9 Å². The summed E-state index contributed by atoms with van der Waals surface area (Å²) in [5, 5.41) is 13.4. The van der Waals surface area contributed by atoms with Crippen molar-refractivity contribution in [3.63, 3.8) is 0 Å². The lowest BCUT2D eigenvalue weighted by Gasteiger charge is -2.18. The fourth-order valence-corrected chi connectivity index (χ4v) is 3.25. The fraction of sp³-hybridized carbons (Fsp3) is 0.417. The Hall–Kier alpha value is -0.850. The van der Waals surface area contributed by atoms with Gasteiger partial charge < -0.3 is 5.32 Å². The van der Waals surface area contributed by atoms with Crippen LogP contribution < -0.4 is 5.32 Å². The molecule has 0 spiro atoms. The van der Waals surface area contributed by atoms with Gasteiger partial charge in [0.1, 0.15) is 6.07 Å². The Morgan fingerprint density at radius 3 is 2.94 bits per heavy atom. The smallest absolute Gasteiger partial charge is 0.101 e. The van der Waals surface area contributed by atoms with E-state index in [1.54, 1.807) is 6.07 Å². The minimum absolute atomic E-state index is 0.508. The van der Waals surface area contributed by atoms with Crippen LogP contribution >= 0.6 is 23.4 Å². The highest BCUT2D eigenvalue weighted by molar-refractivity contribution is 8.00. The number of thioether (sulfide) groups is 1. The molecule has 2 atom stereocenters. The molecule has 0 radical (unpaired) electrons. The van der Waals surface area contributed by atoms with Crippen LogP contribution in [0.3, 0.4) is 0 Å². The Bertz CT molecular complexity index is 428. The van der Waals surface area contributed by atoms with Gasteiger partial charge >= 0.3 is 0 Å². The number of anilines is 1. The zero-order chi connectivity index (χ0) is 11.5. The third-order valence-corrected chi connectivity index (χ3v) is 4.46.